The lowest BCUT2D eigenvalue weighted by Gasteiger charge is -2.35. The smallest absolute Gasteiger partial charge is 0.255 e. The Bertz CT molecular complexity index is 1030. The Morgan fingerprint density at radius 3 is 2.50 bits per heavy atom. The van der Waals surface area contributed by atoms with Gasteiger partial charge in [-0.25, -0.2) is 13.2 Å². The second kappa shape index (κ2) is 5.33. The third-order valence-corrected chi connectivity index (χ3v) is 5.89. The molecule has 1 aliphatic carbocycles. The summed E-state index contributed by atoms with van der Waals surface area (Å²) in [5.74, 6) is -1.39. The highest BCUT2D eigenvalue weighted by Gasteiger charge is 2.51. The van der Waals surface area contributed by atoms with Crippen molar-refractivity contribution in [2.45, 2.75) is 19.4 Å². The summed E-state index contributed by atoms with van der Waals surface area (Å²) >= 11 is 6.31. The lowest BCUT2D eigenvalue weighted by Crippen LogP contribution is -2.38. The zero-order valence-electron chi connectivity index (χ0n) is 13.6. The van der Waals surface area contributed by atoms with Gasteiger partial charge >= 0.3 is 0 Å². The van der Waals surface area contributed by atoms with Crippen molar-refractivity contribution in [2.75, 3.05) is 11.4 Å². The fraction of sp³-hybridized carbons (Fsp3) is 0.353. The number of anilines is 1. The summed E-state index contributed by atoms with van der Waals surface area (Å²) in [6, 6.07) is 1.50. The molecule has 3 aromatic rings. The van der Waals surface area contributed by atoms with Crippen molar-refractivity contribution in [3.8, 4) is 11.1 Å². The molecule has 1 saturated carbocycles. The van der Waals surface area contributed by atoms with Gasteiger partial charge in [-0.05, 0) is 18.3 Å². The van der Waals surface area contributed by atoms with Crippen LogP contribution in [0.1, 0.15) is 13.3 Å². The molecule has 5 nitrogen and oxygen atoms in total. The Morgan fingerprint density at radius 2 is 1.88 bits per heavy atom. The SMILES string of the molecule is CC1C2CC1N(c1c(-c3c(F)cc(F)cc3F)c(Cl)nc3ncnn13)C2. The summed E-state index contributed by atoms with van der Waals surface area (Å²) < 4.78 is 43.9. The van der Waals surface area contributed by atoms with Crippen molar-refractivity contribution in [3.05, 3.63) is 41.1 Å². The summed E-state index contributed by atoms with van der Waals surface area (Å²) in [4.78, 5) is 10.2. The molecule has 2 aliphatic heterocycles. The highest BCUT2D eigenvalue weighted by atomic mass is 35.5. The minimum atomic E-state index is -1.04. The van der Waals surface area contributed by atoms with Gasteiger partial charge in [-0.3, -0.25) is 0 Å². The van der Waals surface area contributed by atoms with E-state index in [0.717, 1.165) is 13.0 Å². The molecule has 1 aromatic carbocycles. The summed E-state index contributed by atoms with van der Waals surface area (Å²) in [5, 5.41) is 4.07. The van der Waals surface area contributed by atoms with Crippen LogP contribution in [0.5, 0.6) is 0 Å². The normalized spacial score (nSPS) is 24.3. The maximum atomic E-state index is 14.5. The first-order chi connectivity index (χ1) is 12.5. The monoisotopic (exact) mass is 379 g/mol. The van der Waals surface area contributed by atoms with Crippen molar-refractivity contribution in [1.82, 2.24) is 19.6 Å². The summed E-state index contributed by atoms with van der Waals surface area (Å²) in [5.41, 5.74) is -0.340. The second-order valence-electron chi connectivity index (χ2n) is 6.89. The number of halogens is 4. The Hall–Kier alpha value is -2.35. The van der Waals surface area contributed by atoms with E-state index in [2.05, 4.69) is 26.9 Å². The molecule has 0 N–H and O–H groups in total. The minimum Gasteiger partial charge on any atom is -0.352 e. The molecule has 0 radical (unpaired) electrons. The van der Waals surface area contributed by atoms with Crippen molar-refractivity contribution in [2.24, 2.45) is 11.8 Å². The van der Waals surface area contributed by atoms with Crippen LogP contribution in [-0.4, -0.2) is 32.2 Å². The van der Waals surface area contributed by atoms with Gasteiger partial charge in [0.15, 0.2) is 0 Å². The maximum Gasteiger partial charge on any atom is 0.255 e. The van der Waals surface area contributed by atoms with Gasteiger partial charge in [0, 0.05) is 24.7 Å². The van der Waals surface area contributed by atoms with Gasteiger partial charge in [-0.1, -0.05) is 18.5 Å². The van der Waals surface area contributed by atoms with E-state index < -0.39 is 23.0 Å². The Kier molecular flexibility index (Phi) is 3.25. The van der Waals surface area contributed by atoms with E-state index in [-0.39, 0.29) is 22.5 Å². The average Bonchev–Trinajstić information content (AvgIpc) is 3.27. The van der Waals surface area contributed by atoms with E-state index in [0.29, 0.717) is 29.8 Å². The molecule has 0 spiro atoms. The lowest BCUT2D eigenvalue weighted by molar-refractivity contribution is 0.246. The molecule has 9 heteroatoms. The number of nitrogens with zero attached hydrogens (tertiary/aromatic N) is 5. The Labute approximate surface area is 151 Å². The largest absolute Gasteiger partial charge is 0.352 e. The molecule has 3 unspecified atom stereocenters. The fourth-order valence-electron chi connectivity index (χ4n) is 4.21. The highest BCUT2D eigenvalue weighted by Crippen LogP contribution is 2.50. The summed E-state index contributed by atoms with van der Waals surface area (Å²) in [6.07, 6.45) is 2.32. The van der Waals surface area contributed by atoms with Gasteiger partial charge in [0.2, 0.25) is 0 Å². The summed E-state index contributed by atoms with van der Waals surface area (Å²) in [7, 11) is 0. The standard InChI is InChI=1S/C17H13ClF3N5/c1-7-8-2-12(7)25(5-8)16-14(13-10(20)3-9(19)4-11(13)21)15(18)24-17-22-6-23-26(16)17/h3-4,6-8,12H,2,5H2,1H3. The predicted molar refractivity (Wildman–Crippen MR) is 89.5 cm³/mol. The van der Waals surface area contributed by atoms with E-state index in [1.54, 1.807) is 0 Å². The zero-order chi connectivity index (χ0) is 18.2. The fourth-order valence-corrected chi connectivity index (χ4v) is 4.46. The predicted octanol–water partition coefficient (Wildman–Crippen LogP) is 3.71. The van der Waals surface area contributed by atoms with Gasteiger partial charge < -0.3 is 4.90 Å². The topological polar surface area (TPSA) is 46.3 Å². The zero-order valence-corrected chi connectivity index (χ0v) is 14.4. The number of fused-ring (bicyclic) bond motifs is 2. The van der Waals surface area contributed by atoms with Crippen LogP contribution >= 0.6 is 11.6 Å². The molecule has 134 valence electrons. The highest BCUT2D eigenvalue weighted by molar-refractivity contribution is 6.33. The molecule has 4 heterocycles. The molecule has 0 amide bonds. The van der Waals surface area contributed by atoms with Crippen LogP contribution in [0.15, 0.2) is 18.5 Å². The first-order valence-electron chi connectivity index (χ1n) is 8.26. The van der Waals surface area contributed by atoms with E-state index in [1.807, 2.05) is 0 Å². The van der Waals surface area contributed by atoms with E-state index >= 15 is 0 Å². The van der Waals surface area contributed by atoms with E-state index in [1.165, 1.54) is 10.8 Å². The van der Waals surface area contributed by atoms with Crippen LogP contribution < -0.4 is 4.90 Å². The van der Waals surface area contributed by atoms with Gasteiger partial charge in [-0.15, -0.1) is 0 Å². The van der Waals surface area contributed by atoms with Crippen molar-refractivity contribution >= 4 is 23.2 Å². The first kappa shape index (κ1) is 15.9. The van der Waals surface area contributed by atoms with Gasteiger partial charge in [0.25, 0.3) is 5.78 Å². The number of hydrogen-bond acceptors (Lipinski definition) is 4. The third kappa shape index (κ3) is 2.02. The second-order valence-corrected chi connectivity index (χ2v) is 7.25. The quantitative estimate of drug-likeness (QED) is 0.637. The van der Waals surface area contributed by atoms with Crippen LogP contribution in [0.3, 0.4) is 0 Å². The molecule has 3 fully saturated rings. The maximum absolute atomic E-state index is 14.5. The van der Waals surface area contributed by atoms with Gasteiger partial charge in [0.05, 0.1) is 11.1 Å². The Balaban J connectivity index is 1.83. The number of benzene rings is 1. The van der Waals surface area contributed by atoms with Crippen LogP contribution in [0.25, 0.3) is 16.9 Å². The van der Waals surface area contributed by atoms with Crippen LogP contribution in [0.4, 0.5) is 19.0 Å². The molecule has 2 saturated heterocycles. The lowest BCUT2D eigenvalue weighted by atomic mass is 9.75. The molecular weight excluding hydrogens is 367 g/mol. The van der Waals surface area contributed by atoms with E-state index in [4.69, 9.17) is 11.6 Å². The average molecular weight is 380 g/mol. The molecule has 6 rings (SSSR count). The molecule has 2 aromatic heterocycles. The van der Waals surface area contributed by atoms with Gasteiger partial charge in [-0.2, -0.15) is 19.6 Å². The summed E-state index contributed by atoms with van der Waals surface area (Å²) in [6.45, 7) is 2.89. The Morgan fingerprint density at radius 1 is 1.15 bits per heavy atom. The number of hydrogen-bond donors (Lipinski definition) is 0. The minimum absolute atomic E-state index is 0.0689. The molecule has 2 bridgehead atoms. The first-order valence-corrected chi connectivity index (χ1v) is 8.64. The third-order valence-electron chi connectivity index (χ3n) is 5.61. The van der Waals surface area contributed by atoms with Crippen molar-refractivity contribution < 1.29 is 13.2 Å². The molecule has 3 atom stereocenters. The van der Waals surface area contributed by atoms with Gasteiger partial charge in [0.1, 0.15) is 34.7 Å². The van der Waals surface area contributed by atoms with E-state index in [9.17, 15) is 13.2 Å². The number of aromatic nitrogens is 4. The van der Waals surface area contributed by atoms with Crippen LogP contribution in [-0.2, 0) is 0 Å². The van der Waals surface area contributed by atoms with Crippen molar-refractivity contribution in [1.29, 1.82) is 0 Å². The molecule has 26 heavy (non-hydrogen) atoms. The van der Waals surface area contributed by atoms with Crippen LogP contribution in [0.2, 0.25) is 5.15 Å². The molecule has 3 aliphatic rings. The molecular formula is C17H13ClF3N5. The van der Waals surface area contributed by atoms with Crippen LogP contribution in [0, 0.1) is 29.3 Å². The number of rotatable bonds is 2. The van der Waals surface area contributed by atoms with Crippen molar-refractivity contribution in [3.63, 3.8) is 0 Å².